The number of hydrogen-bond donors (Lipinski definition) is 1. The highest BCUT2D eigenvalue weighted by Gasteiger charge is 2.27. The molecule has 0 aliphatic carbocycles. The van der Waals surface area contributed by atoms with Crippen LogP contribution in [-0.4, -0.2) is 51.1 Å². The van der Waals surface area contributed by atoms with Crippen LogP contribution in [-0.2, 0) is 19.6 Å². The van der Waals surface area contributed by atoms with Crippen molar-refractivity contribution in [3.63, 3.8) is 0 Å². The van der Waals surface area contributed by atoms with E-state index >= 15 is 0 Å². The molecule has 0 spiro atoms. The Morgan fingerprint density at radius 1 is 1.35 bits per heavy atom. The van der Waals surface area contributed by atoms with E-state index in [1.165, 1.54) is 13.0 Å². The predicted molar refractivity (Wildman–Crippen MR) is 122 cm³/mol. The van der Waals surface area contributed by atoms with Crippen LogP contribution in [0.5, 0.6) is 0 Å². The van der Waals surface area contributed by atoms with E-state index in [0.717, 1.165) is 11.4 Å². The number of aromatic nitrogens is 2. The Morgan fingerprint density at radius 2 is 2.10 bits per heavy atom. The molecule has 2 aromatic rings. The number of nitrogens with zero attached hydrogens (tertiary/aromatic N) is 3. The summed E-state index contributed by atoms with van der Waals surface area (Å²) in [6, 6.07) is 5.12. The Morgan fingerprint density at radius 3 is 2.74 bits per heavy atom. The SMILES string of the molecule is CC(=O)NC[C@H]1CN(c2ccc(-n3cnc(C(C)(C)O[SiH2]C(C)(C)C)c3)c(F)c2)CO1. The van der Waals surface area contributed by atoms with Crippen LogP contribution in [0.4, 0.5) is 10.1 Å². The number of ether oxygens (including phenoxy) is 1. The van der Waals surface area contributed by atoms with Crippen molar-refractivity contribution in [1.29, 1.82) is 0 Å². The van der Waals surface area contributed by atoms with Gasteiger partial charge in [0.25, 0.3) is 0 Å². The number of benzene rings is 1. The van der Waals surface area contributed by atoms with Gasteiger partial charge >= 0.3 is 0 Å². The van der Waals surface area contributed by atoms with Crippen molar-refractivity contribution in [2.45, 2.75) is 58.3 Å². The number of amides is 1. The molecule has 0 saturated carbocycles. The van der Waals surface area contributed by atoms with Crippen LogP contribution < -0.4 is 10.2 Å². The average molecular weight is 449 g/mol. The van der Waals surface area contributed by atoms with Gasteiger partial charge in [0.2, 0.25) is 5.91 Å². The van der Waals surface area contributed by atoms with E-state index in [2.05, 4.69) is 31.1 Å². The molecule has 0 bridgehead atoms. The Kier molecular flexibility index (Phi) is 6.87. The van der Waals surface area contributed by atoms with Gasteiger partial charge in [0, 0.05) is 31.9 Å². The Labute approximate surface area is 185 Å². The molecular weight excluding hydrogens is 415 g/mol. The zero-order valence-corrected chi connectivity index (χ0v) is 20.7. The summed E-state index contributed by atoms with van der Waals surface area (Å²) in [7, 11) is -0.751. The van der Waals surface area contributed by atoms with Crippen LogP contribution in [0.25, 0.3) is 5.69 Å². The van der Waals surface area contributed by atoms with Crippen molar-refractivity contribution < 1.29 is 18.3 Å². The Hall–Kier alpha value is -2.23. The second-order valence-electron chi connectivity index (χ2n) is 9.74. The van der Waals surface area contributed by atoms with E-state index in [9.17, 15) is 9.18 Å². The quantitative estimate of drug-likeness (QED) is 0.660. The van der Waals surface area contributed by atoms with Crippen molar-refractivity contribution in [1.82, 2.24) is 14.9 Å². The van der Waals surface area contributed by atoms with Gasteiger partial charge in [-0.05, 0) is 37.1 Å². The second-order valence-corrected chi connectivity index (χ2v) is 12.4. The number of hydrogen-bond acceptors (Lipinski definition) is 5. The highest BCUT2D eigenvalue weighted by Crippen LogP contribution is 2.30. The molecule has 1 fully saturated rings. The third kappa shape index (κ3) is 6.15. The first kappa shape index (κ1) is 23.4. The summed E-state index contributed by atoms with van der Waals surface area (Å²) >= 11 is 0. The molecule has 1 aromatic heterocycles. The van der Waals surface area contributed by atoms with E-state index < -0.39 is 15.4 Å². The molecule has 1 amide bonds. The third-order valence-corrected chi connectivity index (χ3v) is 6.84. The Bertz CT molecular complexity index is 926. The van der Waals surface area contributed by atoms with Crippen molar-refractivity contribution >= 4 is 21.4 Å². The number of anilines is 1. The van der Waals surface area contributed by atoms with Gasteiger partial charge in [-0.2, -0.15) is 0 Å². The lowest BCUT2D eigenvalue weighted by atomic mass is 10.1. The summed E-state index contributed by atoms with van der Waals surface area (Å²) in [5.74, 6) is -0.430. The zero-order chi connectivity index (χ0) is 22.8. The molecule has 1 saturated heterocycles. The largest absolute Gasteiger partial charge is 0.413 e. The lowest BCUT2D eigenvalue weighted by molar-refractivity contribution is -0.119. The van der Waals surface area contributed by atoms with Crippen LogP contribution in [0.2, 0.25) is 5.04 Å². The molecular formula is C22H33FN4O3Si. The molecule has 1 aliphatic heterocycles. The fraction of sp³-hybridized carbons (Fsp3) is 0.545. The predicted octanol–water partition coefficient (Wildman–Crippen LogP) is 2.86. The summed E-state index contributed by atoms with van der Waals surface area (Å²) in [4.78, 5) is 17.5. The van der Waals surface area contributed by atoms with Crippen LogP contribution in [0.1, 0.15) is 47.2 Å². The van der Waals surface area contributed by atoms with Crippen molar-refractivity contribution in [2.75, 3.05) is 24.7 Å². The second kappa shape index (κ2) is 9.10. The van der Waals surface area contributed by atoms with Crippen LogP contribution >= 0.6 is 0 Å². The van der Waals surface area contributed by atoms with Gasteiger partial charge in [0.05, 0.1) is 29.4 Å². The molecule has 31 heavy (non-hydrogen) atoms. The highest BCUT2D eigenvalue weighted by molar-refractivity contribution is 6.31. The topological polar surface area (TPSA) is 68.6 Å². The van der Waals surface area contributed by atoms with Gasteiger partial charge in [-0.15, -0.1) is 0 Å². The number of imidazole rings is 1. The maximum Gasteiger partial charge on any atom is 0.216 e. The van der Waals surface area contributed by atoms with Crippen molar-refractivity contribution in [3.8, 4) is 5.69 Å². The number of rotatable bonds is 7. The minimum absolute atomic E-state index is 0.0912. The minimum Gasteiger partial charge on any atom is -0.413 e. The molecule has 1 N–H and O–H groups in total. The van der Waals surface area contributed by atoms with E-state index in [0.29, 0.717) is 25.5 Å². The molecule has 0 radical (unpaired) electrons. The van der Waals surface area contributed by atoms with Crippen LogP contribution in [0.3, 0.4) is 0 Å². The third-order valence-electron chi connectivity index (χ3n) is 5.11. The van der Waals surface area contributed by atoms with Crippen LogP contribution in [0, 0.1) is 5.82 Å². The Balaban J connectivity index is 1.69. The van der Waals surface area contributed by atoms with Crippen LogP contribution in [0.15, 0.2) is 30.7 Å². The lowest BCUT2D eigenvalue weighted by Gasteiger charge is -2.28. The fourth-order valence-corrected chi connectivity index (χ4v) is 4.19. The van der Waals surface area contributed by atoms with Crippen molar-refractivity contribution in [2.24, 2.45) is 0 Å². The normalized spacial score (nSPS) is 17.6. The number of halogens is 1. The smallest absolute Gasteiger partial charge is 0.216 e. The summed E-state index contributed by atoms with van der Waals surface area (Å²) in [5, 5.41) is 2.93. The molecule has 7 nitrogen and oxygen atoms in total. The number of nitrogens with one attached hydrogen (secondary N) is 1. The van der Waals surface area contributed by atoms with E-state index in [1.54, 1.807) is 17.0 Å². The van der Waals surface area contributed by atoms with Gasteiger partial charge in [-0.3, -0.25) is 4.79 Å². The van der Waals surface area contributed by atoms with E-state index in [-0.39, 0.29) is 22.9 Å². The lowest BCUT2D eigenvalue weighted by Crippen LogP contribution is -2.33. The first-order valence-electron chi connectivity index (χ1n) is 10.5. The monoisotopic (exact) mass is 448 g/mol. The minimum atomic E-state index is -0.751. The van der Waals surface area contributed by atoms with Gasteiger partial charge in [-0.1, -0.05) is 20.8 Å². The molecule has 1 aliphatic rings. The molecule has 0 unspecified atom stereocenters. The van der Waals surface area contributed by atoms with E-state index in [1.807, 2.05) is 31.0 Å². The van der Waals surface area contributed by atoms with Gasteiger partial charge < -0.3 is 23.9 Å². The summed E-state index contributed by atoms with van der Waals surface area (Å²) < 4.78 is 28.5. The fourth-order valence-electron chi connectivity index (χ4n) is 3.25. The highest BCUT2D eigenvalue weighted by atomic mass is 28.2. The average Bonchev–Trinajstić information content (AvgIpc) is 3.34. The zero-order valence-electron chi connectivity index (χ0n) is 19.2. The molecule has 2 heterocycles. The van der Waals surface area contributed by atoms with Gasteiger partial charge in [-0.25, -0.2) is 9.37 Å². The summed E-state index contributed by atoms with van der Waals surface area (Å²) in [5.41, 5.74) is 1.44. The van der Waals surface area contributed by atoms with E-state index in [4.69, 9.17) is 9.16 Å². The number of carbonyl (C=O) groups is 1. The molecule has 1 atom stereocenters. The van der Waals surface area contributed by atoms with Crippen molar-refractivity contribution in [3.05, 3.63) is 42.2 Å². The molecule has 3 rings (SSSR count). The standard InChI is InChI=1S/C22H33FN4O3Si/c1-15(28)24-10-17-11-27(14-29-17)16-7-8-19(18(23)9-16)26-12-20(25-13-26)22(5,6)30-31-21(2,3)4/h7-9,12-13,17H,10-11,14,31H2,1-6H3,(H,24,28)/t17-/m0/s1. The molecule has 9 heteroatoms. The maximum atomic E-state index is 15.0. The molecule has 1 aromatic carbocycles. The molecule has 170 valence electrons. The van der Waals surface area contributed by atoms with Gasteiger partial charge in [0.15, 0.2) is 9.76 Å². The summed E-state index contributed by atoms with van der Waals surface area (Å²) in [6.45, 7) is 13.4. The summed E-state index contributed by atoms with van der Waals surface area (Å²) in [6.07, 6.45) is 3.35. The van der Waals surface area contributed by atoms with Gasteiger partial charge in [0.1, 0.15) is 12.5 Å². The first-order chi connectivity index (χ1) is 14.4. The first-order valence-corrected chi connectivity index (χ1v) is 11.8. The number of carbonyl (C=O) groups excluding carboxylic acids is 1. The maximum absolute atomic E-state index is 15.0.